The SMILES string of the molecule is C/C(=C(/C#N)C(=O)SCCOCCOCCO)c1ccc2cc(N3CCCCC3)ccc2c1. The molecule has 0 aliphatic carbocycles. The van der Waals surface area contributed by atoms with Crippen molar-refractivity contribution in [3.63, 3.8) is 0 Å². The number of carbonyl (C=O) groups is 1. The summed E-state index contributed by atoms with van der Waals surface area (Å²) < 4.78 is 10.5. The van der Waals surface area contributed by atoms with Gasteiger partial charge in [0, 0.05) is 24.5 Å². The van der Waals surface area contributed by atoms with Crippen molar-refractivity contribution in [3.8, 4) is 6.07 Å². The molecule has 2 aromatic rings. The molecule has 0 aromatic heterocycles. The Morgan fingerprint density at radius 1 is 1.03 bits per heavy atom. The number of fused-ring (bicyclic) bond motifs is 1. The molecule has 7 heteroatoms. The number of rotatable bonds is 11. The van der Waals surface area contributed by atoms with Gasteiger partial charge in [-0.3, -0.25) is 4.79 Å². The molecule has 33 heavy (non-hydrogen) atoms. The van der Waals surface area contributed by atoms with Crippen LogP contribution in [0.4, 0.5) is 5.69 Å². The van der Waals surface area contributed by atoms with Gasteiger partial charge >= 0.3 is 0 Å². The van der Waals surface area contributed by atoms with E-state index in [2.05, 4.69) is 41.3 Å². The van der Waals surface area contributed by atoms with Crippen LogP contribution in [0.1, 0.15) is 31.7 Å². The summed E-state index contributed by atoms with van der Waals surface area (Å²) >= 11 is 1.09. The number of thioether (sulfide) groups is 1. The number of aliphatic hydroxyl groups excluding tert-OH is 1. The van der Waals surface area contributed by atoms with Gasteiger partial charge in [-0.05, 0) is 66.3 Å². The zero-order chi connectivity index (χ0) is 23.5. The van der Waals surface area contributed by atoms with Crippen LogP contribution in [0.3, 0.4) is 0 Å². The zero-order valence-electron chi connectivity index (χ0n) is 19.2. The Hall–Kier alpha value is -2.37. The van der Waals surface area contributed by atoms with E-state index in [1.807, 2.05) is 13.0 Å². The summed E-state index contributed by atoms with van der Waals surface area (Å²) in [6.07, 6.45) is 3.80. The maximum atomic E-state index is 12.6. The number of benzene rings is 2. The van der Waals surface area contributed by atoms with Gasteiger partial charge in [-0.15, -0.1) is 0 Å². The lowest BCUT2D eigenvalue weighted by molar-refractivity contribution is -0.107. The minimum absolute atomic E-state index is 0.0101. The van der Waals surface area contributed by atoms with Gasteiger partial charge in [0.2, 0.25) is 5.12 Å². The van der Waals surface area contributed by atoms with Crippen LogP contribution >= 0.6 is 11.8 Å². The molecular weight excluding hydrogens is 436 g/mol. The van der Waals surface area contributed by atoms with Crippen LogP contribution in [0.5, 0.6) is 0 Å². The van der Waals surface area contributed by atoms with E-state index in [9.17, 15) is 10.1 Å². The van der Waals surface area contributed by atoms with E-state index < -0.39 is 0 Å². The molecule has 0 radical (unpaired) electrons. The Balaban J connectivity index is 1.62. The quantitative estimate of drug-likeness (QED) is 0.297. The first-order valence-corrected chi connectivity index (χ1v) is 12.5. The minimum Gasteiger partial charge on any atom is -0.394 e. The second-order valence-corrected chi connectivity index (χ2v) is 9.06. The second-order valence-electron chi connectivity index (χ2n) is 7.99. The highest BCUT2D eigenvalue weighted by molar-refractivity contribution is 8.14. The van der Waals surface area contributed by atoms with Gasteiger partial charge in [-0.2, -0.15) is 5.26 Å². The van der Waals surface area contributed by atoms with E-state index in [0.29, 0.717) is 37.8 Å². The average molecular weight is 469 g/mol. The van der Waals surface area contributed by atoms with Crippen molar-refractivity contribution in [2.45, 2.75) is 26.2 Å². The Kier molecular flexibility index (Phi) is 10.2. The molecular formula is C26H32N2O4S. The molecule has 1 saturated heterocycles. The third kappa shape index (κ3) is 7.31. The van der Waals surface area contributed by atoms with Crippen LogP contribution in [0.2, 0.25) is 0 Å². The van der Waals surface area contributed by atoms with E-state index in [0.717, 1.165) is 41.2 Å². The van der Waals surface area contributed by atoms with Gasteiger partial charge in [-0.1, -0.05) is 30.0 Å². The van der Waals surface area contributed by atoms with Crippen LogP contribution in [0, 0.1) is 11.3 Å². The monoisotopic (exact) mass is 468 g/mol. The fourth-order valence-electron chi connectivity index (χ4n) is 3.89. The minimum atomic E-state index is -0.240. The zero-order valence-corrected chi connectivity index (χ0v) is 20.0. The number of nitrogens with zero attached hydrogens (tertiary/aromatic N) is 2. The Bertz CT molecular complexity index is 1010. The first kappa shape index (κ1) is 25.3. The number of ether oxygens (including phenoxy) is 2. The van der Waals surface area contributed by atoms with E-state index in [-0.39, 0.29) is 17.3 Å². The first-order chi connectivity index (χ1) is 16.1. The summed E-state index contributed by atoms with van der Waals surface area (Å²) in [7, 11) is 0. The summed E-state index contributed by atoms with van der Waals surface area (Å²) in [4.78, 5) is 15.1. The van der Waals surface area contributed by atoms with Crippen molar-refractivity contribution in [2.24, 2.45) is 0 Å². The second kappa shape index (κ2) is 13.4. The number of hydrogen-bond acceptors (Lipinski definition) is 7. The Morgan fingerprint density at radius 2 is 1.73 bits per heavy atom. The summed E-state index contributed by atoms with van der Waals surface area (Å²) in [5, 5.41) is 20.3. The average Bonchev–Trinajstić information content (AvgIpc) is 2.86. The standard InChI is InChI=1S/C26H32N2O4S/c1-20(25(19-27)26(30)33-16-15-32-14-13-31-12-11-29)21-5-6-23-18-24(8-7-22(23)17-21)28-9-3-2-4-10-28/h5-8,17-18,29H,2-4,9-16H2,1H3/b25-20+. The number of carbonyl (C=O) groups excluding carboxylic acids is 1. The molecule has 6 nitrogen and oxygen atoms in total. The number of hydrogen-bond donors (Lipinski definition) is 1. The lowest BCUT2D eigenvalue weighted by Gasteiger charge is -2.29. The van der Waals surface area contributed by atoms with Crippen molar-refractivity contribution in [2.75, 3.05) is 56.8 Å². The summed E-state index contributed by atoms with van der Waals surface area (Å²) in [6, 6.07) is 14.7. The molecule has 0 spiro atoms. The van der Waals surface area contributed by atoms with Gasteiger partial charge in [0.1, 0.15) is 11.6 Å². The molecule has 1 fully saturated rings. The Morgan fingerprint density at radius 3 is 2.45 bits per heavy atom. The van der Waals surface area contributed by atoms with Crippen LogP contribution in [-0.2, 0) is 14.3 Å². The van der Waals surface area contributed by atoms with Gasteiger partial charge < -0.3 is 19.5 Å². The number of allylic oxidation sites excluding steroid dienone is 1. The van der Waals surface area contributed by atoms with Gasteiger partial charge in [0.05, 0.1) is 33.0 Å². The molecule has 176 valence electrons. The lowest BCUT2D eigenvalue weighted by Crippen LogP contribution is -2.29. The van der Waals surface area contributed by atoms with E-state index in [1.54, 1.807) is 0 Å². The fraction of sp³-hybridized carbons (Fsp3) is 0.462. The van der Waals surface area contributed by atoms with Crippen molar-refractivity contribution in [3.05, 3.63) is 47.5 Å². The van der Waals surface area contributed by atoms with Crippen LogP contribution in [0.25, 0.3) is 16.3 Å². The summed E-state index contributed by atoms with van der Waals surface area (Å²) in [5.41, 5.74) is 3.01. The third-order valence-corrected chi connectivity index (χ3v) is 6.57. The van der Waals surface area contributed by atoms with Gasteiger partial charge in [-0.25, -0.2) is 0 Å². The predicted octanol–water partition coefficient (Wildman–Crippen LogP) is 4.41. The molecule has 1 heterocycles. The number of piperidine rings is 1. The molecule has 1 aliphatic heterocycles. The summed E-state index contributed by atoms with van der Waals surface area (Å²) in [5.74, 6) is 0.467. The molecule has 0 bridgehead atoms. The van der Waals surface area contributed by atoms with Crippen molar-refractivity contribution < 1.29 is 19.4 Å². The maximum absolute atomic E-state index is 12.6. The number of aliphatic hydroxyl groups is 1. The third-order valence-electron chi connectivity index (χ3n) is 5.74. The molecule has 0 atom stereocenters. The van der Waals surface area contributed by atoms with E-state index >= 15 is 0 Å². The molecule has 0 saturated carbocycles. The smallest absolute Gasteiger partial charge is 0.230 e. The van der Waals surface area contributed by atoms with Crippen molar-refractivity contribution in [1.29, 1.82) is 5.26 Å². The lowest BCUT2D eigenvalue weighted by atomic mass is 9.98. The van der Waals surface area contributed by atoms with Gasteiger partial charge in [0.15, 0.2) is 0 Å². The number of nitriles is 1. The highest BCUT2D eigenvalue weighted by atomic mass is 32.2. The molecule has 2 aromatic carbocycles. The highest BCUT2D eigenvalue weighted by Crippen LogP contribution is 2.29. The first-order valence-electron chi connectivity index (χ1n) is 11.5. The van der Waals surface area contributed by atoms with Crippen molar-refractivity contribution >= 4 is 38.9 Å². The normalized spacial score (nSPS) is 14.8. The van der Waals surface area contributed by atoms with Gasteiger partial charge in [0.25, 0.3) is 0 Å². The summed E-state index contributed by atoms with van der Waals surface area (Å²) in [6.45, 7) is 5.54. The molecule has 3 rings (SSSR count). The molecule has 1 N–H and O–H groups in total. The fourth-order valence-corrected chi connectivity index (χ4v) is 4.62. The largest absolute Gasteiger partial charge is 0.394 e. The predicted molar refractivity (Wildman–Crippen MR) is 134 cm³/mol. The highest BCUT2D eigenvalue weighted by Gasteiger charge is 2.15. The van der Waals surface area contributed by atoms with E-state index in [1.165, 1.54) is 24.9 Å². The topological polar surface area (TPSA) is 82.8 Å². The van der Waals surface area contributed by atoms with Crippen LogP contribution < -0.4 is 4.90 Å². The van der Waals surface area contributed by atoms with Crippen molar-refractivity contribution in [1.82, 2.24) is 0 Å². The Labute approximate surface area is 200 Å². The molecule has 0 amide bonds. The van der Waals surface area contributed by atoms with Crippen LogP contribution in [-0.4, -0.2) is 62.1 Å². The van der Waals surface area contributed by atoms with Crippen LogP contribution in [0.15, 0.2) is 42.0 Å². The number of anilines is 1. The van der Waals surface area contributed by atoms with E-state index in [4.69, 9.17) is 14.6 Å². The molecule has 1 aliphatic rings. The molecule has 0 unspecified atom stereocenters. The maximum Gasteiger partial charge on any atom is 0.230 e.